The fourth-order valence-corrected chi connectivity index (χ4v) is 5.01. The molecule has 33 heavy (non-hydrogen) atoms. The summed E-state index contributed by atoms with van der Waals surface area (Å²) in [5.41, 5.74) is 2.30. The number of nitrogens with one attached hydrogen (secondary N) is 1. The lowest BCUT2D eigenvalue weighted by Crippen LogP contribution is -2.12. The van der Waals surface area contributed by atoms with Crippen LogP contribution in [0.4, 0.5) is 5.69 Å². The Morgan fingerprint density at radius 3 is 2.61 bits per heavy atom. The lowest BCUT2D eigenvalue weighted by atomic mass is 10.1. The highest BCUT2D eigenvalue weighted by Crippen LogP contribution is 2.46. The second-order valence-corrected chi connectivity index (χ2v) is 8.66. The second-order valence-electron chi connectivity index (χ2n) is 6.84. The van der Waals surface area contributed by atoms with Gasteiger partial charge in [-0.05, 0) is 45.8 Å². The number of carboxylic acids is 2. The number of pyridine rings is 1. The molecule has 0 saturated carbocycles. The summed E-state index contributed by atoms with van der Waals surface area (Å²) < 4.78 is 5.51. The van der Waals surface area contributed by atoms with Gasteiger partial charge in [-0.2, -0.15) is 0 Å². The van der Waals surface area contributed by atoms with Gasteiger partial charge in [0.15, 0.2) is 17.2 Å². The molecule has 0 atom stereocenters. The molecular formula is C23H15BrN2O6S. The van der Waals surface area contributed by atoms with E-state index < -0.39 is 18.5 Å². The molecule has 0 fully saturated rings. The number of para-hydroxylation sites is 1. The van der Waals surface area contributed by atoms with E-state index in [9.17, 15) is 19.5 Å². The van der Waals surface area contributed by atoms with Crippen molar-refractivity contribution < 1.29 is 29.3 Å². The number of anilines is 1. The van der Waals surface area contributed by atoms with E-state index in [1.54, 1.807) is 30.3 Å². The van der Waals surface area contributed by atoms with Gasteiger partial charge in [0.2, 0.25) is 0 Å². The zero-order valence-corrected chi connectivity index (χ0v) is 19.1. The number of benzene rings is 2. The Morgan fingerprint density at radius 1 is 1.06 bits per heavy atom. The van der Waals surface area contributed by atoms with Gasteiger partial charge in [0, 0.05) is 17.3 Å². The Labute approximate surface area is 199 Å². The number of ether oxygens (including phenoxy) is 1. The van der Waals surface area contributed by atoms with Crippen LogP contribution in [-0.4, -0.2) is 39.6 Å². The zero-order valence-electron chi connectivity index (χ0n) is 16.7. The highest BCUT2D eigenvalue weighted by molar-refractivity contribution is 9.10. The Kier molecular flexibility index (Phi) is 6.38. The molecule has 0 spiro atoms. The van der Waals surface area contributed by atoms with E-state index in [0.29, 0.717) is 26.2 Å². The Morgan fingerprint density at radius 2 is 1.85 bits per heavy atom. The quantitative estimate of drug-likeness (QED) is 0.304. The minimum Gasteiger partial charge on any atom is -0.479 e. The summed E-state index contributed by atoms with van der Waals surface area (Å²) in [4.78, 5) is 39.9. The Bertz CT molecular complexity index is 1400. The molecule has 0 bridgehead atoms. The minimum atomic E-state index is -1.24. The number of amides is 1. The summed E-state index contributed by atoms with van der Waals surface area (Å²) in [5, 5.41) is 22.0. The summed E-state index contributed by atoms with van der Waals surface area (Å²) in [6, 6.07) is 16.1. The number of thiophene rings is 1. The average molecular weight is 527 g/mol. The van der Waals surface area contributed by atoms with E-state index in [4.69, 9.17) is 9.84 Å². The number of hydrogen-bond acceptors (Lipinski definition) is 6. The van der Waals surface area contributed by atoms with Crippen molar-refractivity contribution in [1.29, 1.82) is 0 Å². The summed E-state index contributed by atoms with van der Waals surface area (Å²) in [6.45, 7) is -0.676. The van der Waals surface area contributed by atoms with Crippen LogP contribution in [0.1, 0.15) is 20.0 Å². The standard InChI is InChI=1S/C23H15BrN2O6S/c24-18-19(32-11-17(27)28)21(23(30)31)33-20(18)13-5-3-6-15(9-13)26-22(29)14-8-12-4-1-2-7-16(12)25-10-14/h1-10H,11H2,(H,26,29)(H,27,28)(H,30,31). The van der Waals surface area contributed by atoms with Crippen LogP contribution in [0, 0.1) is 0 Å². The maximum Gasteiger partial charge on any atom is 0.349 e. The van der Waals surface area contributed by atoms with Gasteiger partial charge in [0.25, 0.3) is 5.91 Å². The molecule has 4 aromatic rings. The normalized spacial score (nSPS) is 10.7. The van der Waals surface area contributed by atoms with Crippen molar-refractivity contribution in [3.8, 4) is 16.2 Å². The van der Waals surface area contributed by atoms with Gasteiger partial charge >= 0.3 is 11.9 Å². The number of hydrogen-bond donors (Lipinski definition) is 3. The van der Waals surface area contributed by atoms with E-state index in [2.05, 4.69) is 26.2 Å². The topological polar surface area (TPSA) is 126 Å². The van der Waals surface area contributed by atoms with Crippen LogP contribution in [0.15, 0.2) is 65.3 Å². The maximum atomic E-state index is 12.8. The first-order valence-corrected chi connectivity index (χ1v) is 11.1. The van der Waals surface area contributed by atoms with Gasteiger partial charge in [0.05, 0.1) is 20.4 Å². The van der Waals surface area contributed by atoms with Gasteiger partial charge < -0.3 is 20.3 Å². The van der Waals surface area contributed by atoms with E-state index in [1.165, 1.54) is 6.20 Å². The summed E-state index contributed by atoms with van der Waals surface area (Å²) >= 11 is 4.26. The zero-order chi connectivity index (χ0) is 23.5. The first kappa shape index (κ1) is 22.4. The monoisotopic (exact) mass is 526 g/mol. The van der Waals surface area contributed by atoms with Gasteiger partial charge in [-0.25, -0.2) is 9.59 Å². The third-order valence-corrected chi connectivity index (χ3v) is 6.81. The number of carbonyl (C=O) groups excluding carboxylic acids is 1. The number of nitrogens with zero attached hydrogens (tertiary/aromatic N) is 1. The first-order valence-electron chi connectivity index (χ1n) is 9.50. The molecule has 0 unspecified atom stereocenters. The van der Waals surface area contributed by atoms with Crippen LogP contribution in [0.3, 0.4) is 0 Å². The largest absolute Gasteiger partial charge is 0.479 e. The molecule has 10 heteroatoms. The minimum absolute atomic E-state index is 0.0541. The van der Waals surface area contributed by atoms with Crippen molar-refractivity contribution in [3.05, 3.63) is 75.7 Å². The molecule has 0 radical (unpaired) electrons. The third-order valence-electron chi connectivity index (χ3n) is 4.58. The molecular weight excluding hydrogens is 512 g/mol. The molecule has 4 rings (SSSR count). The molecule has 1 amide bonds. The smallest absolute Gasteiger partial charge is 0.349 e. The first-order chi connectivity index (χ1) is 15.8. The van der Waals surface area contributed by atoms with Gasteiger partial charge in [-0.1, -0.05) is 30.3 Å². The summed E-state index contributed by atoms with van der Waals surface area (Å²) in [6.07, 6.45) is 1.50. The third kappa shape index (κ3) is 4.86. The fraction of sp³-hybridized carbons (Fsp3) is 0.0435. The number of carbonyl (C=O) groups is 3. The van der Waals surface area contributed by atoms with Crippen LogP contribution >= 0.6 is 27.3 Å². The SMILES string of the molecule is O=C(O)COc1c(C(=O)O)sc(-c2cccc(NC(=O)c3cnc4ccccc4c3)c2)c1Br. The molecule has 0 aliphatic rings. The number of aliphatic carboxylic acids is 1. The van der Waals surface area contributed by atoms with E-state index >= 15 is 0 Å². The van der Waals surface area contributed by atoms with E-state index in [0.717, 1.165) is 22.2 Å². The number of aromatic carboxylic acids is 1. The number of halogens is 1. The highest BCUT2D eigenvalue weighted by atomic mass is 79.9. The molecule has 0 saturated heterocycles. The maximum absolute atomic E-state index is 12.8. The van der Waals surface area contributed by atoms with Crippen molar-refractivity contribution >= 4 is 61.7 Å². The highest BCUT2D eigenvalue weighted by Gasteiger charge is 2.24. The predicted molar refractivity (Wildman–Crippen MR) is 127 cm³/mol. The molecule has 2 heterocycles. The lowest BCUT2D eigenvalue weighted by Gasteiger charge is -2.08. The van der Waals surface area contributed by atoms with Crippen LogP contribution < -0.4 is 10.1 Å². The molecule has 2 aromatic heterocycles. The number of aromatic nitrogens is 1. The van der Waals surface area contributed by atoms with Gasteiger partial charge in [-0.15, -0.1) is 11.3 Å². The number of rotatable bonds is 7. The predicted octanol–water partition coefficient (Wildman–Crippen LogP) is 5.14. The van der Waals surface area contributed by atoms with E-state index in [1.807, 2.05) is 24.3 Å². The van der Waals surface area contributed by atoms with Crippen LogP contribution in [0.2, 0.25) is 0 Å². The van der Waals surface area contributed by atoms with Crippen molar-refractivity contribution in [2.75, 3.05) is 11.9 Å². The van der Waals surface area contributed by atoms with Crippen molar-refractivity contribution in [2.24, 2.45) is 0 Å². The lowest BCUT2D eigenvalue weighted by molar-refractivity contribution is -0.139. The number of carboxylic acid groups (broad SMARTS) is 2. The summed E-state index contributed by atoms with van der Waals surface area (Å²) in [7, 11) is 0. The molecule has 8 nitrogen and oxygen atoms in total. The average Bonchev–Trinajstić information content (AvgIpc) is 3.14. The second kappa shape index (κ2) is 9.39. The fourth-order valence-electron chi connectivity index (χ4n) is 3.12. The molecule has 3 N–H and O–H groups in total. The van der Waals surface area contributed by atoms with Gasteiger partial charge in [0.1, 0.15) is 0 Å². The number of fused-ring (bicyclic) bond motifs is 1. The van der Waals surface area contributed by atoms with Crippen LogP contribution in [-0.2, 0) is 4.79 Å². The molecule has 166 valence electrons. The van der Waals surface area contributed by atoms with Crippen molar-refractivity contribution in [1.82, 2.24) is 4.98 Å². The molecule has 0 aliphatic heterocycles. The van der Waals surface area contributed by atoms with Gasteiger partial charge in [-0.3, -0.25) is 9.78 Å². The summed E-state index contributed by atoms with van der Waals surface area (Å²) in [5.74, 6) is -2.85. The van der Waals surface area contributed by atoms with E-state index in [-0.39, 0.29) is 16.5 Å². The Hall–Kier alpha value is -3.76. The van der Waals surface area contributed by atoms with Crippen LogP contribution in [0.25, 0.3) is 21.3 Å². The Balaban J connectivity index is 1.62. The molecule has 2 aromatic carbocycles. The van der Waals surface area contributed by atoms with Crippen molar-refractivity contribution in [2.45, 2.75) is 0 Å². The molecule has 0 aliphatic carbocycles. The van der Waals surface area contributed by atoms with Crippen LogP contribution in [0.5, 0.6) is 5.75 Å². The van der Waals surface area contributed by atoms with Crippen molar-refractivity contribution in [3.63, 3.8) is 0 Å².